The van der Waals surface area contributed by atoms with Gasteiger partial charge in [-0.1, -0.05) is 27.5 Å². The third-order valence-corrected chi connectivity index (χ3v) is 3.26. The van der Waals surface area contributed by atoms with Crippen LogP contribution >= 0.6 is 27.5 Å². The van der Waals surface area contributed by atoms with E-state index in [1.54, 1.807) is 18.2 Å². The molecular weight excluding hydrogens is 335 g/mol. The predicted octanol–water partition coefficient (Wildman–Crippen LogP) is 4.08. The number of hydrogen-bond donors (Lipinski definition) is 2. The van der Waals surface area contributed by atoms with E-state index in [2.05, 4.69) is 21.2 Å². The quantitative estimate of drug-likeness (QED) is 0.807. The molecule has 98 valence electrons. The van der Waals surface area contributed by atoms with Crippen molar-refractivity contribution >= 4 is 44.8 Å². The number of rotatable bonds is 2. The number of anilines is 2. The molecule has 0 unspecified atom stereocenters. The van der Waals surface area contributed by atoms with Crippen molar-refractivity contribution in [3.8, 4) is 0 Å². The molecule has 2 aromatic carbocycles. The second kappa shape index (κ2) is 5.59. The number of benzene rings is 2. The summed E-state index contributed by atoms with van der Waals surface area (Å²) in [5.74, 6) is -1.09. The minimum absolute atomic E-state index is 0.00274. The first-order valence-corrected chi connectivity index (χ1v) is 6.46. The van der Waals surface area contributed by atoms with E-state index in [9.17, 15) is 9.18 Å². The van der Waals surface area contributed by atoms with Crippen LogP contribution < -0.4 is 11.1 Å². The van der Waals surface area contributed by atoms with E-state index in [1.807, 2.05) is 0 Å². The molecule has 0 radical (unpaired) electrons. The van der Waals surface area contributed by atoms with Crippen molar-refractivity contribution in [3.63, 3.8) is 0 Å². The van der Waals surface area contributed by atoms with Crippen molar-refractivity contribution in [2.45, 2.75) is 0 Å². The molecule has 2 aromatic rings. The maximum Gasteiger partial charge on any atom is 0.255 e. The first-order chi connectivity index (χ1) is 8.97. The standard InChI is InChI=1S/C13H9BrClFN2O/c14-8-2-3-9(15)12(6-8)18-13(19)7-1-4-11(17)10(16)5-7/h1-6H,17H2,(H,18,19). The molecule has 3 nitrogen and oxygen atoms in total. The summed E-state index contributed by atoms with van der Waals surface area (Å²) < 4.78 is 14.1. The summed E-state index contributed by atoms with van der Waals surface area (Å²) in [7, 11) is 0. The molecule has 19 heavy (non-hydrogen) atoms. The molecular formula is C13H9BrClFN2O. The minimum Gasteiger partial charge on any atom is -0.396 e. The van der Waals surface area contributed by atoms with Crippen LogP contribution in [-0.2, 0) is 0 Å². The molecule has 0 aliphatic carbocycles. The number of nitrogens with one attached hydrogen (secondary N) is 1. The second-order valence-corrected chi connectivity index (χ2v) is 5.14. The van der Waals surface area contributed by atoms with Crippen molar-refractivity contribution < 1.29 is 9.18 Å². The highest BCUT2D eigenvalue weighted by atomic mass is 79.9. The van der Waals surface area contributed by atoms with Crippen LogP contribution in [0.3, 0.4) is 0 Å². The molecule has 0 bridgehead atoms. The van der Waals surface area contributed by atoms with E-state index < -0.39 is 11.7 Å². The van der Waals surface area contributed by atoms with E-state index in [4.69, 9.17) is 17.3 Å². The van der Waals surface area contributed by atoms with Crippen LogP contribution in [0.2, 0.25) is 5.02 Å². The Balaban J connectivity index is 2.25. The maximum atomic E-state index is 13.3. The van der Waals surface area contributed by atoms with Gasteiger partial charge >= 0.3 is 0 Å². The van der Waals surface area contributed by atoms with Gasteiger partial charge in [0.25, 0.3) is 5.91 Å². The lowest BCUT2D eigenvalue weighted by atomic mass is 10.2. The third-order valence-electron chi connectivity index (χ3n) is 2.44. The Hall–Kier alpha value is -1.59. The van der Waals surface area contributed by atoms with Crippen LogP contribution in [-0.4, -0.2) is 5.91 Å². The highest BCUT2D eigenvalue weighted by molar-refractivity contribution is 9.10. The lowest BCUT2D eigenvalue weighted by Crippen LogP contribution is -2.12. The van der Waals surface area contributed by atoms with Gasteiger partial charge in [-0.2, -0.15) is 0 Å². The molecule has 0 heterocycles. The summed E-state index contributed by atoms with van der Waals surface area (Å²) in [6, 6.07) is 8.92. The summed E-state index contributed by atoms with van der Waals surface area (Å²) >= 11 is 9.23. The average Bonchev–Trinajstić information content (AvgIpc) is 2.37. The van der Waals surface area contributed by atoms with E-state index >= 15 is 0 Å². The van der Waals surface area contributed by atoms with Gasteiger partial charge in [0.15, 0.2) is 0 Å². The summed E-state index contributed by atoms with van der Waals surface area (Å²) in [5.41, 5.74) is 5.96. The summed E-state index contributed by atoms with van der Waals surface area (Å²) in [6.07, 6.45) is 0. The van der Waals surface area contributed by atoms with E-state index in [1.165, 1.54) is 12.1 Å². The summed E-state index contributed by atoms with van der Waals surface area (Å²) in [5, 5.41) is 3.00. The SMILES string of the molecule is Nc1ccc(C(=O)Nc2cc(Br)ccc2Cl)cc1F. The molecule has 0 saturated carbocycles. The zero-order chi connectivity index (χ0) is 14.0. The molecule has 0 aliphatic rings. The fourth-order valence-corrected chi connectivity index (χ4v) is 1.98. The minimum atomic E-state index is -0.631. The predicted molar refractivity (Wildman–Crippen MR) is 77.9 cm³/mol. The maximum absolute atomic E-state index is 13.3. The summed E-state index contributed by atoms with van der Waals surface area (Å²) in [4.78, 5) is 11.9. The lowest BCUT2D eigenvalue weighted by Gasteiger charge is -2.08. The van der Waals surface area contributed by atoms with Crippen LogP contribution in [0.1, 0.15) is 10.4 Å². The first kappa shape index (κ1) is 13.8. The molecule has 0 fully saturated rings. The van der Waals surface area contributed by atoms with Crippen LogP contribution in [0, 0.1) is 5.82 Å². The van der Waals surface area contributed by atoms with Gasteiger partial charge < -0.3 is 11.1 Å². The zero-order valence-electron chi connectivity index (χ0n) is 9.58. The molecule has 3 N–H and O–H groups in total. The van der Waals surface area contributed by atoms with Gasteiger partial charge in [-0.05, 0) is 36.4 Å². The van der Waals surface area contributed by atoms with Crippen LogP contribution in [0.25, 0.3) is 0 Å². The lowest BCUT2D eigenvalue weighted by molar-refractivity contribution is 0.102. The Morgan fingerprint density at radius 3 is 2.68 bits per heavy atom. The molecule has 1 amide bonds. The summed E-state index contributed by atoms with van der Waals surface area (Å²) in [6.45, 7) is 0. The first-order valence-electron chi connectivity index (χ1n) is 5.29. The highest BCUT2D eigenvalue weighted by Gasteiger charge is 2.10. The van der Waals surface area contributed by atoms with Gasteiger partial charge in [0.1, 0.15) is 5.82 Å². The van der Waals surface area contributed by atoms with Crippen molar-refractivity contribution in [1.82, 2.24) is 0 Å². The topological polar surface area (TPSA) is 55.1 Å². The Morgan fingerprint density at radius 1 is 1.26 bits per heavy atom. The van der Waals surface area contributed by atoms with E-state index in [0.29, 0.717) is 10.7 Å². The Morgan fingerprint density at radius 2 is 2.00 bits per heavy atom. The zero-order valence-corrected chi connectivity index (χ0v) is 11.9. The van der Waals surface area contributed by atoms with Crippen molar-refractivity contribution in [3.05, 3.63) is 57.3 Å². The van der Waals surface area contributed by atoms with Crippen molar-refractivity contribution in [2.75, 3.05) is 11.1 Å². The second-order valence-electron chi connectivity index (χ2n) is 3.81. The van der Waals surface area contributed by atoms with Gasteiger partial charge in [-0.25, -0.2) is 4.39 Å². The Labute approximate surface area is 122 Å². The molecule has 0 aliphatic heterocycles. The van der Waals surface area contributed by atoms with Gasteiger partial charge in [0, 0.05) is 10.0 Å². The van der Waals surface area contributed by atoms with Crippen LogP contribution in [0.15, 0.2) is 40.9 Å². The van der Waals surface area contributed by atoms with Gasteiger partial charge in [0.05, 0.1) is 16.4 Å². The molecule has 0 aromatic heterocycles. The normalized spacial score (nSPS) is 10.3. The van der Waals surface area contributed by atoms with Crippen molar-refractivity contribution in [2.24, 2.45) is 0 Å². The number of nitrogen functional groups attached to an aromatic ring is 1. The smallest absolute Gasteiger partial charge is 0.255 e. The number of hydrogen-bond acceptors (Lipinski definition) is 2. The number of carbonyl (C=O) groups excluding carboxylic acids is 1. The molecule has 0 saturated heterocycles. The van der Waals surface area contributed by atoms with Crippen LogP contribution in [0.4, 0.5) is 15.8 Å². The van der Waals surface area contributed by atoms with Gasteiger partial charge in [-0.15, -0.1) is 0 Å². The Kier molecular flexibility index (Phi) is 4.07. The molecule has 2 rings (SSSR count). The number of amides is 1. The highest BCUT2D eigenvalue weighted by Crippen LogP contribution is 2.26. The molecule has 6 heteroatoms. The van der Waals surface area contributed by atoms with Crippen LogP contribution in [0.5, 0.6) is 0 Å². The third kappa shape index (κ3) is 3.24. The van der Waals surface area contributed by atoms with Gasteiger partial charge in [-0.3, -0.25) is 4.79 Å². The fraction of sp³-hybridized carbons (Fsp3) is 0. The molecule has 0 spiro atoms. The Bertz CT molecular complexity index is 649. The van der Waals surface area contributed by atoms with E-state index in [0.717, 1.165) is 10.5 Å². The molecule has 0 atom stereocenters. The van der Waals surface area contributed by atoms with E-state index in [-0.39, 0.29) is 11.3 Å². The number of halogens is 3. The van der Waals surface area contributed by atoms with Gasteiger partial charge in [0.2, 0.25) is 0 Å². The monoisotopic (exact) mass is 342 g/mol. The average molecular weight is 344 g/mol. The fourth-order valence-electron chi connectivity index (χ4n) is 1.46. The number of carbonyl (C=O) groups is 1. The van der Waals surface area contributed by atoms with Crippen molar-refractivity contribution in [1.29, 1.82) is 0 Å². The number of nitrogens with two attached hydrogens (primary N) is 1. The largest absolute Gasteiger partial charge is 0.396 e.